The van der Waals surface area contributed by atoms with Gasteiger partial charge in [-0.15, -0.1) is 0 Å². The first kappa shape index (κ1) is 12.2. The number of amides is 1. The Hall–Kier alpha value is -0.900. The number of hydrogen-bond donors (Lipinski definition) is 0. The summed E-state index contributed by atoms with van der Waals surface area (Å²) in [4.78, 5) is 14.3. The van der Waals surface area contributed by atoms with E-state index in [1.807, 2.05) is 4.90 Å². The largest absolute Gasteiger partial charge is 0.338 e. The summed E-state index contributed by atoms with van der Waals surface area (Å²) in [5, 5.41) is 0. The lowest BCUT2D eigenvalue weighted by molar-refractivity contribution is 0.0779. The molecule has 0 radical (unpaired) electrons. The number of carbonyl (C=O) groups is 1. The van der Waals surface area contributed by atoms with E-state index in [1.165, 1.54) is 31.4 Å². The van der Waals surface area contributed by atoms with Crippen LogP contribution in [0.1, 0.15) is 29.6 Å². The number of rotatable bonds is 1. The molecule has 2 fully saturated rings. The van der Waals surface area contributed by atoms with Crippen LogP contribution in [0, 0.1) is 17.7 Å². The van der Waals surface area contributed by atoms with Crippen LogP contribution in [0.15, 0.2) is 22.7 Å². The Bertz CT molecular complexity index is 479. The lowest BCUT2D eigenvalue weighted by Gasteiger charge is -2.18. The van der Waals surface area contributed by atoms with E-state index in [4.69, 9.17) is 0 Å². The van der Waals surface area contributed by atoms with Gasteiger partial charge >= 0.3 is 0 Å². The van der Waals surface area contributed by atoms with Crippen LogP contribution in [0.4, 0.5) is 4.39 Å². The highest BCUT2D eigenvalue weighted by Gasteiger charge is 2.38. The number of fused-ring (bicyclic) bond motifs is 1. The maximum absolute atomic E-state index is 13.0. The Balaban J connectivity index is 1.79. The summed E-state index contributed by atoms with van der Waals surface area (Å²) in [7, 11) is 0. The minimum absolute atomic E-state index is 0.0243. The van der Waals surface area contributed by atoms with Crippen molar-refractivity contribution in [3.63, 3.8) is 0 Å². The van der Waals surface area contributed by atoms with E-state index in [9.17, 15) is 9.18 Å². The third kappa shape index (κ3) is 2.07. The first-order valence-corrected chi connectivity index (χ1v) is 7.19. The van der Waals surface area contributed by atoms with Crippen molar-refractivity contribution in [3.8, 4) is 0 Å². The van der Waals surface area contributed by atoms with Crippen LogP contribution in [-0.2, 0) is 0 Å². The van der Waals surface area contributed by atoms with Gasteiger partial charge in [-0.3, -0.25) is 4.79 Å². The number of likely N-dealkylation sites (tertiary alicyclic amines) is 1. The molecule has 2 atom stereocenters. The van der Waals surface area contributed by atoms with Crippen LogP contribution in [0.2, 0.25) is 0 Å². The van der Waals surface area contributed by atoms with Crippen molar-refractivity contribution >= 4 is 21.8 Å². The SMILES string of the molecule is O=C(c1ccc(F)cc1Br)N1CC2CCCC2C1. The van der Waals surface area contributed by atoms with Crippen molar-refractivity contribution in [1.82, 2.24) is 4.90 Å². The van der Waals surface area contributed by atoms with Gasteiger partial charge < -0.3 is 4.90 Å². The van der Waals surface area contributed by atoms with Crippen molar-refractivity contribution in [2.75, 3.05) is 13.1 Å². The highest BCUT2D eigenvalue weighted by atomic mass is 79.9. The van der Waals surface area contributed by atoms with Crippen LogP contribution >= 0.6 is 15.9 Å². The zero-order chi connectivity index (χ0) is 12.7. The summed E-state index contributed by atoms with van der Waals surface area (Å²) < 4.78 is 13.6. The minimum atomic E-state index is -0.322. The second-order valence-corrected chi connectivity index (χ2v) is 6.14. The maximum atomic E-state index is 13.0. The van der Waals surface area contributed by atoms with Gasteiger partial charge in [-0.05, 0) is 58.8 Å². The molecule has 1 aliphatic heterocycles. The normalized spacial score (nSPS) is 26.4. The Kier molecular flexibility index (Phi) is 3.14. The van der Waals surface area contributed by atoms with Crippen molar-refractivity contribution in [1.29, 1.82) is 0 Å². The van der Waals surface area contributed by atoms with E-state index in [0.29, 0.717) is 21.9 Å². The fraction of sp³-hybridized carbons (Fsp3) is 0.500. The third-order valence-electron chi connectivity index (χ3n) is 4.18. The van der Waals surface area contributed by atoms with Crippen LogP contribution in [0.3, 0.4) is 0 Å². The summed E-state index contributed by atoms with van der Waals surface area (Å²) in [6, 6.07) is 4.26. The van der Waals surface area contributed by atoms with Crippen molar-refractivity contribution < 1.29 is 9.18 Å². The van der Waals surface area contributed by atoms with Gasteiger partial charge in [-0.2, -0.15) is 0 Å². The number of benzene rings is 1. The Labute approximate surface area is 114 Å². The molecule has 18 heavy (non-hydrogen) atoms. The third-order valence-corrected chi connectivity index (χ3v) is 4.83. The lowest BCUT2D eigenvalue weighted by atomic mass is 10.0. The molecule has 3 rings (SSSR count). The van der Waals surface area contributed by atoms with E-state index in [2.05, 4.69) is 15.9 Å². The van der Waals surface area contributed by atoms with Crippen molar-refractivity contribution in [3.05, 3.63) is 34.1 Å². The summed E-state index contributed by atoms with van der Waals surface area (Å²) in [6.07, 6.45) is 3.80. The van der Waals surface area contributed by atoms with E-state index < -0.39 is 0 Å². The van der Waals surface area contributed by atoms with Crippen molar-refractivity contribution in [2.45, 2.75) is 19.3 Å². The molecule has 0 aromatic heterocycles. The Morgan fingerprint density at radius 2 is 1.94 bits per heavy atom. The van der Waals surface area contributed by atoms with Gasteiger partial charge in [0.05, 0.1) is 5.56 Å². The topological polar surface area (TPSA) is 20.3 Å². The predicted molar refractivity (Wildman–Crippen MR) is 70.8 cm³/mol. The van der Waals surface area contributed by atoms with Gasteiger partial charge in [-0.25, -0.2) is 4.39 Å². The molecule has 1 heterocycles. The number of carbonyl (C=O) groups excluding carboxylic acids is 1. The number of hydrogen-bond acceptors (Lipinski definition) is 1. The molecule has 2 unspecified atom stereocenters. The predicted octanol–water partition coefficient (Wildman–Crippen LogP) is 3.46. The molecule has 1 amide bonds. The summed E-state index contributed by atoms with van der Waals surface area (Å²) in [5.41, 5.74) is 0.566. The molecule has 1 saturated carbocycles. The molecule has 1 aliphatic carbocycles. The average molecular weight is 312 g/mol. The average Bonchev–Trinajstić information content (AvgIpc) is 2.87. The quantitative estimate of drug-likeness (QED) is 0.778. The molecule has 1 aromatic carbocycles. The monoisotopic (exact) mass is 311 g/mol. The van der Waals surface area contributed by atoms with E-state index >= 15 is 0 Å². The second kappa shape index (κ2) is 4.65. The molecule has 0 spiro atoms. The smallest absolute Gasteiger partial charge is 0.255 e. The first-order valence-electron chi connectivity index (χ1n) is 6.39. The summed E-state index contributed by atoms with van der Waals surface area (Å²) in [6.45, 7) is 1.74. The highest BCUT2D eigenvalue weighted by Crippen LogP contribution is 2.38. The molecule has 2 nitrogen and oxygen atoms in total. The van der Waals surface area contributed by atoms with E-state index in [0.717, 1.165) is 13.1 Å². The van der Waals surface area contributed by atoms with Gasteiger partial charge in [0.15, 0.2) is 0 Å². The van der Waals surface area contributed by atoms with Gasteiger partial charge in [-0.1, -0.05) is 6.42 Å². The van der Waals surface area contributed by atoms with Crippen LogP contribution in [0.25, 0.3) is 0 Å². The molecule has 1 aromatic rings. The van der Waals surface area contributed by atoms with Gasteiger partial charge in [0.25, 0.3) is 5.91 Å². The van der Waals surface area contributed by atoms with Crippen LogP contribution in [0.5, 0.6) is 0 Å². The lowest BCUT2D eigenvalue weighted by Crippen LogP contribution is -2.29. The molecule has 1 saturated heterocycles. The molecular formula is C14H15BrFNO. The summed E-state index contributed by atoms with van der Waals surface area (Å²) in [5.74, 6) is 1.08. The van der Waals surface area contributed by atoms with Crippen LogP contribution in [-0.4, -0.2) is 23.9 Å². The van der Waals surface area contributed by atoms with Crippen LogP contribution < -0.4 is 0 Å². The fourth-order valence-electron chi connectivity index (χ4n) is 3.23. The Morgan fingerprint density at radius 3 is 2.56 bits per heavy atom. The number of nitrogens with zero attached hydrogens (tertiary/aromatic N) is 1. The van der Waals surface area contributed by atoms with E-state index in [-0.39, 0.29) is 11.7 Å². The molecular weight excluding hydrogens is 297 g/mol. The zero-order valence-electron chi connectivity index (χ0n) is 10.0. The van der Waals surface area contributed by atoms with Gasteiger partial charge in [0, 0.05) is 17.6 Å². The van der Waals surface area contributed by atoms with Gasteiger partial charge in [0.1, 0.15) is 5.82 Å². The second-order valence-electron chi connectivity index (χ2n) is 5.29. The van der Waals surface area contributed by atoms with Crippen molar-refractivity contribution in [2.24, 2.45) is 11.8 Å². The summed E-state index contributed by atoms with van der Waals surface area (Å²) >= 11 is 3.27. The minimum Gasteiger partial charge on any atom is -0.338 e. The Morgan fingerprint density at radius 1 is 1.28 bits per heavy atom. The molecule has 96 valence electrons. The molecule has 4 heteroatoms. The fourth-order valence-corrected chi connectivity index (χ4v) is 3.75. The first-order chi connectivity index (χ1) is 8.65. The standard InChI is InChI=1S/C14H15BrFNO/c15-13-6-11(16)4-5-12(13)14(18)17-7-9-2-1-3-10(9)8-17/h4-6,9-10H,1-3,7-8H2. The zero-order valence-corrected chi connectivity index (χ0v) is 11.6. The highest BCUT2D eigenvalue weighted by molar-refractivity contribution is 9.10. The number of halogens is 2. The molecule has 2 aliphatic rings. The van der Waals surface area contributed by atoms with E-state index in [1.54, 1.807) is 6.07 Å². The maximum Gasteiger partial charge on any atom is 0.255 e. The van der Waals surface area contributed by atoms with Gasteiger partial charge in [0.2, 0.25) is 0 Å². The molecule has 0 bridgehead atoms. The molecule has 0 N–H and O–H groups in total.